The first-order valence-corrected chi connectivity index (χ1v) is 8.45. The quantitative estimate of drug-likeness (QED) is 0.648. The van der Waals surface area contributed by atoms with Crippen LogP contribution in [0.3, 0.4) is 0 Å². The average Bonchev–Trinajstić information content (AvgIpc) is 2.53. The maximum absolute atomic E-state index is 8.71. The number of aliphatic hydroxyl groups is 1. The fraction of sp³-hybridized carbons (Fsp3) is 0.529. The predicted octanol–water partition coefficient (Wildman–Crippen LogP) is 2.71. The summed E-state index contributed by atoms with van der Waals surface area (Å²) in [5.41, 5.74) is 0.929. The van der Waals surface area contributed by atoms with Crippen molar-refractivity contribution in [2.24, 2.45) is 0 Å². The van der Waals surface area contributed by atoms with Gasteiger partial charge in [-0.15, -0.1) is 0 Å². The maximum atomic E-state index is 8.71. The highest BCUT2D eigenvalue weighted by atomic mass is 32.2. The van der Waals surface area contributed by atoms with Gasteiger partial charge in [0.25, 0.3) is 0 Å². The van der Waals surface area contributed by atoms with Crippen molar-refractivity contribution in [1.82, 2.24) is 0 Å². The van der Waals surface area contributed by atoms with Crippen LogP contribution in [-0.4, -0.2) is 42.5 Å². The zero-order valence-electron chi connectivity index (χ0n) is 12.2. The van der Waals surface area contributed by atoms with E-state index in [9.17, 15) is 0 Å². The minimum absolute atomic E-state index is 0.104. The standard InChI is InChI=1S/C17H22O3S/c18-9-2-1-4-15-5-3-6-16(14-15)20-12-13-21-17-7-10-19-11-8-17/h3,5-6,14,17-18H,2,7-13H2. The molecule has 4 heteroatoms. The van der Waals surface area contributed by atoms with Crippen LogP contribution in [-0.2, 0) is 4.74 Å². The zero-order valence-corrected chi connectivity index (χ0v) is 13.0. The lowest BCUT2D eigenvalue weighted by Gasteiger charge is -2.21. The van der Waals surface area contributed by atoms with E-state index in [1.54, 1.807) is 0 Å². The molecule has 0 saturated carbocycles. The molecule has 1 aromatic carbocycles. The summed E-state index contributed by atoms with van der Waals surface area (Å²) in [6.07, 6.45) is 2.81. The molecule has 1 aliphatic heterocycles. The molecular formula is C17H22O3S. The molecule has 0 radical (unpaired) electrons. The van der Waals surface area contributed by atoms with Crippen molar-refractivity contribution < 1.29 is 14.6 Å². The first-order valence-electron chi connectivity index (χ1n) is 7.40. The van der Waals surface area contributed by atoms with Gasteiger partial charge in [0.15, 0.2) is 0 Å². The first kappa shape index (κ1) is 16.2. The molecule has 1 N–H and O–H groups in total. The van der Waals surface area contributed by atoms with Crippen LogP contribution in [0.1, 0.15) is 24.8 Å². The Morgan fingerprint density at radius 2 is 2.19 bits per heavy atom. The van der Waals surface area contributed by atoms with E-state index in [4.69, 9.17) is 14.6 Å². The van der Waals surface area contributed by atoms with Gasteiger partial charge in [-0.25, -0.2) is 0 Å². The topological polar surface area (TPSA) is 38.7 Å². The largest absolute Gasteiger partial charge is 0.493 e. The molecule has 1 heterocycles. The van der Waals surface area contributed by atoms with Crippen molar-refractivity contribution in [3.05, 3.63) is 29.8 Å². The molecule has 0 atom stereocenters. The number of hydrogen-bond acceptors (Lipinski definition) is 4. The molecule has 1 saturated heterocycles. The first-order chi connectivity index (χ1) is 10.4. The second-order valence-electron chi connectivity index (χ2n) is 4.83. The van der Waals surface area contributed by atoms with Crippen LogP contribution in [0.4, 0.5) is 0 Å². The highest BCUT2D eigenvalue weighted by Gasteiger charge is 2.13. The Balaban J connectivity index is 1.70. The van der Waals surface area contributed by atoms with E-state index in [1.807, 2.05) is 36.0 Å². The van der Waals surface area contributed by atoms with Crippen molar-refractivity contribution in [1.29, 1.82) is 0 Å². The second-order valence-corrected chi connectivity index (χ2v) is 6.24. The highest BCUT2D eigenvalue weighted by Crippen LogP contribution is 2.22. The Morgan fingerprint density at radius 1 is 1.33 bits per heavy atom. The lowest BCUT2D eigenvalue weighted by Crippen LogP contribution is -2.18. The zero-order chi connectivity index (χ0) is 14.8. The second kappa shape index (κ2) is 9.73. The summed E-state index contributed by atoms with van der Waals surface area (Å²) in [6, 6.07) is 7.80. The number of hydrogen-bond donors (Lipinski definition) is 1. The van der Waals surface area contributed by atoms with Crippen molar-refractivity contribution in [3.63, 3.8) is 0 Å². The van der Waals surface area contributed by atoms with Crippen molar-refractivity contribution in [3.8, 4) is 17.6 Å². The monoisotopic (exact) mass is 306 g/mol. The molecule has 0 spiro atoms. The summed E-state index contributed by atoms with van der Waals surface area (Å²) in [7, 11) is 0. The van der Waals surface area contributed by atoms with Gasteiger partial charge < -0.3 is 14.6 Å². The molecule has 0 aromatic heterocycles. The predicted molar refractivity (Wildman–Crippen MR) is 86.8 cm³/mol. The van der Waals surface area contributed by atoms with Crippen molar-refractivity contribution in [2.75, 3.05) is 32.2 Å². The van der Waals surface area contributed by atoms with Crippen LogP contribution in [0.5, 0.6) is 5.75 Å². The van der Waals surface area contributed by atoms with Crippen LogP contribution < -0.4 is 4.74 Å². The number of ether oxygens (including phenoxy) is 2. The van der Waals surface area contributed by atoms with Gasteiger partial charge in [-0.3, -0.25) is 0 Å². The van der Waals surface area contributed by atoms with Crippen LogP contribution in [0.25, 0.3) is 0 Å². The Kier molecular flexibility index (Phi) is 7.51. The number of rotatable bonds is 6. The molecule has 2 rings (SSSR count). The summed E-state index contributed by atoms with van der Waals surface area (Å²) in [4.78, 5) is 0. The van der Waals surface area contributed by atoms with Gasteiger partial charge in [-0.1, -0.05) is 17.9 Å². The van der Waals surface area contributed by atoms with E-state index < -0.39 is 0 Å². The third-order valence-corrected chi connectivity index (χ3v) is 4.52. The number of aliphatic hydroxyl groups excluding tert-OH is 1. The minimum atomic E-state index is 0.104. The van der Waals surface area contributed by atoms with Gasteiger partial charge in [0, 0.05) is 36.2 Å². The van der Waals surface area contributed by atoms with Gasteiger partial charge in [-0.05, 0) is 31.0 Å². The summed E-state index contributed by atoms with van der Waals surface area (Å²) < 4.78 is 11.1. The molecule has 0 unspecified atom stereocenters. The number of thioether (sulfide) groups is 1. The van der Waals surface area contributed by atoms with E-state index in [-0.39, 0.29) is 6.61 Å². The molecule has 114 valence electrons. The molecule has 1 fully saturated rings. The van der Waals surface area contributed by atoms with Crippen LogP contribution >= 0.6 is 11.8 Å². The van der Waals surface area contributed by atoms with E-state index in [2.05, 4.69) is 11.8 Å². The number of benzene rings is 1. The molecule has 21 heavy (non-hydrogen) atoms. The average molecular weight is 306 g/mol. The van der Waals surface area contributed by atoms with E-state index >= 15 is 0 Å². The van der Waals surface area contributed by atoms with Crippen molar-refractivity contribution >= 4 is 11.8 Å². The smallest absolute Gasteiger partial charge is 0.120 e. The third kappa shape index (κ3) is 6.43. The third-order valence-electron chi connectivity index (χ3n) is 3.18. The summed E-state index contributed by atoms with van der Waals surface area (Å²) in [5, 5.41) is 9.43. The molecule has 1 aliphatic rings. The molecule has 0 bridgehead atoms. The highest BCUT2D eigenvalue weighted by molar-refractivity contribution is 7.99. The van der Waals surface area contributed by atoms with Crippen LogP contribution in [0.15, 0.2) is 24.3 Å². The van der Waals surface area contributed by atoms with Gasteiger partial charge in [0.2, 0.25) is 0 Å². The normalized spacial score (nSPS) is 15.3. The van der Waals surface area contributed by atoms with Crippen LogP contribution in [0.2, 0.25) is 0 Å². The molecule has 1 aromatic rings. The Morgan fingerprint density at radius 3 is 3.00 bits per heavy atom. The van der Waals surface area contributed by atoms with Gasteiger partial charge in [0.1, 0.15) is 5.75 Å². The fourth-order valence-corrected chi connectivity index (χ4v) is 3.14. The SMILES string of the molecule is OCCC#Cc1cccc(OCCSC2CCOCC2)c1. The Bertz CT molecular complexity index is 472. The van der Waals surface area contributed by atoms with Gasteiger partial charge in [-0.2, -0.15) is 11.8 Å². The summed E-state index contributed by atoms with van der Waals surface area (Å²) in [5.74, 6) is 7.80. The summed E-state index contributed by atoms with van der Waals surface area (Å²) in [6.45, 7) is 2.61. The Hall–Kier alpha value is -1.15. The molecule has 0 amide bonds. The fourth-order valence-electron chi connectivity index (χ4n) is 2.10. The molecule has 0 aliphatic carbocycles. The lowest BCUT2D eigenvalue weighted by atomic mass is 10.2. The van der Waals surface area contributed by atoms with Gasteiger partial charge in [0.05, 0.1) is 13.2 Å². The summed E-state index contributed by atoms with van der Waals surface area (Å²) >= 11 is 1.98. The van der Waals surface area contributed by atoms with Crippen molar-refractivity contribution in [2.45, 2.75) is 24.5 Å². The Labute approximate surface area is 131 Å². The van der Waals surface area contributed by atoms with Crippen LogP contribution in [0, 0.1) is 11.8 Å². The minimum Gasteiger partial charge on any atom is -0.493 e. The maximum Gasteiger partial charge on any atom is 0.120 e. The van der Waals surface area contributed by atoms with E-state index in [0.717, 1.165) is 55.0 Å². The lowest BCUT2D eigenvalue weighted by molar-refractivity contribution is 0.1000. The molecular weight excluding hydrogens is 284 g/mol. The molecule has 3 nitrogen and oxygen atoms in total. The van der Waals surface area contributed by atoms with E-state index in [1.165, 1.54) is 0 Å². The van der Waals surface area contributed by atoms with E-state index in [0.29, 0.717) is 6.42 Å². The van der Waals surface area contributed by atoms with Gasteiger partial charge >= 0.3 is 0 Å².